The average Bonchev–Trinajstić information content (AvgIpc) is 2.77. The zero-order chi connectivity index (χ0) is 12.5. The molecular weight excluding hydrogens is 224 g/mol. The summed E-state index contributed by atoms with van der Waals surface area (Å²) >= 11 is 0. The van der Waals surface area contributed by atoms with Crippen LogP contribution in [0.5, 0.6) is 0 Å². The van der Waals surface area contributed by atoms with E-state index in [0.29, 0.717) is 18.0 Å². The van der Waals surface area contributed by atoms with Crippen LogP contribution in [0.3, 0.4) is 0 Å². The molecular formula is C15H20N2O. The summed E-state index contributed by atoms with van der Waals surface area (Å²) in [4.78, 5) is 4.49. The van der Waals surface area contributed by atoms with Crippen LogP contribution < -0.4 is 5.32 Å². The monoisotopic (exact) mass is 244 g/mol. The number of oxazole rings is 1. The molecule has 1 aliphatic rings. The van der Waals surface area contributed by atoms with Crippen molar-refractivity contribution in [1.29, 1.82) is 0 Å². The maximum Gasteiger partial charge on any atom is 0.295 e. The van der Waals surface area contributed by atoms with Crippen molar-refractivity contribution < 1.29 is 4.42 Å². The molecule has 0 spiro atoms. The molecule has 1 heterocycles. The Morgan fingerprint density at radius 1 is 1.22 bits per heavy atom. The fourth-order valence-corrected chi connectivity index (χ4v) is 2.88. The number of nitrogens with zero attached hydrogens (tertiary/aromatic N) is 1. The molecule has 0 saturated heterocycles. The van der Waals surface area contributed by atoms with E-state index >= 15 is 0 Å². The second-order valence-corrected chi connectivity index (χ2v) is 5.50. The Morgan fingerprint density at radius 2 is 2.06 bits per heavy atom. The molecule has 3 rings (SSSR count). The zero-order valence-electron chi connectivity index (χ0n) is 11.0. The lowest BCUT2D eigenvalue weighted by atomic mass is 9.78. The Labute approximate surface area is 108 Å². The zero-order valence-corrected chi connectivity index (χ0v) is 11.0. The van der Waals surface area contributed by atoms with Gasteiger partial charge in [-0.15, -0.1) is 0 Å². The molecule has 18 heavy (non-hydrogen) atoms. The van der Waals surface area contributed by atoms with Gasteiger partial charge < -0.3 is 9.73 Å². The number of hydrogen-bond acceptors (Lipinski definition) is 3. The van der Waals surface area contributed by atoms with Gasteiger partial charge in [0.15, 0.2) is 5.58 Å². The first-order valence-corrected chi connectivity index (χ1v) is 6.86. The molecule has 3 nitrogen and oxygen atoms in total. The first-order chi connectivity index (χ1) is 8.74. The van der Waals surface area contributed by atoms with Gasteiger partial charge in [0.2, 0.25) is 0 Å². The van der Waals surface area contributed by atoms with E-state index in [1.807, 2.05) is 24.3 Å². The van der Waals surface area contributed by atoms with Gasteiger partial charge in [-0.3, -0.25) is 0 Å². The van der Waals surface area contributed by atoms with Gasteiger partial charge in [0.05, 0.1) is 0 Å². The van der Waals surface area contributed by atoms with Crippen molar-refractivity contribution in [2.45, 2.75) is 39.2 Å². The molecule has 3 atom stereocenters. The standard InChI is InChI=1S/C15H20N2O/c1-10-6-5-8-12(11(10)2)16-15-17-13-7-3-4-9-14(13)18-15/h3-4,7,9-12H,5-6,8H2,1-2H3,(H,16,17)/t10-,11+,12-/m1/s1. The van der Waals surface area contributed by atoms with Crippen molar-refractivity contribution in [3.63, 3.8) is 0 Å². The molecule has 1 aromatic heterocycles. The van der Waals surface area contributed by atoms with Gasteiger partial charge in [-0.2, -0.15) is 4.98 Å². The SMILES string of the molecule is C[C@H]1[C@H](C)CCC[C@H]1Nc1nc2ccccc2o1. The number of rotatable bonds is 2. The van der Waals surface area contributed by atoms with E-state index in [1.54, 1.807) is 0 Å². The number of para-hydroxylation sites is 2. The minimum atomic E-state index is 0.488. The van der Waals surface area contributed by atoms with Crippen LogP contribution in [0.4, 0.5) is 6.01 Å². The number of hydrogen-bond donors (Lipinski definition) is 1. The minimum Gasteiger partial charge on any atom is -0.424 e. The van der Waals surface area contributed by atoms with Crippen LogP contribution in [0.15, 0.2) is 28.7 Å². The molecule has 96 valence electrons. The maximum absolute atomic E-state index is 5.73. The van der Waals surface area contributed by atoms with E-state index in [-0.39, 0.29) is 0 Å². The highest BCUT2D eigenvalue weighted by Crippen LogP contribution is 2.32. The number of anilines is 1. The lowest BCUT2D eigenvalue weighted by molar-refractivity contribution is 0.250. The molecule has 2 aromatic rings. The Bertz CT molecular complexity index is 501. The highest BCUT2D eigenvalue weighted by Gasteiger charge is 2.27. The lowest BCUT2D eigenvalue weighted by Gasteiger charge is -2.34. The Balaban J connectivity index is 1.79. The number of nitrogens with one attached hydrogen (secondary N) is 1. The van der Waals surface area contributed by atoms with Crippen LogP contribution in [-0.2, 0) is 0 Å². The van der Waals surface area contributed by atoms with Crippen LogP contribution in [0.25, 0.3) is 11.1 Å². The normalized spacial score (nSPS) is 28.4. The van der Waals surface area contributed by atoms with Crippen LogP contribution in [0, 0.1) is 11.8 Å². The summed E-state index contributed by atoms with van der Waals surface area (Å²) < 4.78 is 5.73. The summed E-state index contributed by atoms with van der Waals surface area (Å²) in [5.41, 5.74) is 1.79. The first-order valence-electron chi connectivity index (χ1n) is 6.86. The Hall–Kier alpha value is -1.51. The summed E-state index contributed by atoms with van der Waals surface area (Å²) in [5.74, 6) is 1.45. The van der Waals surface area contributed by atoms with Crippen molar-refractivity contribution in [3.8, 4) is 0 Å². The third-order valence-corrected chi connectivity index (χ3v) is 4.31. The third-order valence-electron chi connectivity index (χ3n) is 4.31. The van der Waals surface area contributed by atoms with E-state index in [2.05, 4.69) is 24.1 Å². The predicted molar refractivity (Wildman–Crippen MR) is 73.6 cm³/mol. The number of aromatic nitrogens is 1. The van der Waals surface area contributed by atoms with Gasteiger partial charge in [-0.25, -0.2) is 0 Å². The second-order valence-electron chi connectivity index (χ2n) is 5.50. The largest absolute Gasteiger partial charge is 0.424 e. The smallest absolute Gasteiger partial charge is 0.295 e. The highest BCUT2D eigenvalue weighted by atomic mass is 16.4. The number of benzene rings is 1. The van der Waals surface area contributed by atoms with Crippen molar-refractivity contribution in [1.82, 2.24) is 4.98 Å². The van der Waals surface area contributed by atoms with E-state index in [0.717, 1.165) is 17.0 Å². The summed E-state index contributed by atoms with van der Waals surface area (Å²) in [6, 6.07) is 9.06. The third kappa shape index (κ3) is 2.09. The Kier molecular flexibility index (Phi) is 2.98. The number of fused-ring (bicyclic) bond motifs is 1. The maximum atomic E-state index is 5.73. The minimum absolute atomic E-state index is 0.488. The van der Waals surface area contributed by atoms with E-state index < -0.39 is 0 Å². The quantitative estimate of drug-likeness (QED) is 0.865. The summed E-state index contributed by atoms with van der Waals surface area (Å²) in [6.45, 7) is 4.66. The molecule has 0 amide bonds. The predicted octanol–water partition coefficient (Wildman–Crippen LogP) is 4.06. The van der Waals surface area contributed by atoms with Crippen molar-refractivity contribution in [2.24, 2.45) is 11.8 Å². The molecule has 1 N–H and O–H groups in total. The molecule has 3 heteroatoms. The summed E-state index contributed by atoms with van der Waals surface area (Å²) in [6.07, 6.45) is 3.85. The van der Waals surface area contributed by atoms with E-state index in [1.165, 1.54) is 19.3 Å². The average molecular weight is 244 g/mol. The highest BCUT2D eigenvalue weighted by molar-refractivity contribution is 5.74. The van der Waals surface area contributed by atoms with Crippen molar-refractivity contribution >= 4 is 17.1 Å². The van der Waals surface area contributed by atoms with Crippen molar-refractivity contribution in [2.75, 3.05) is 5.32 Å². The molecule has 0 aliphatic heterocycles. The van der Waals surface area contributed by atoms with E-state index in [9.17, 15) is 0 Å². The second kappa shape index (κ2) is 4.63. The fourth-order valence-electron chi connectivity index (χ4n) is 2.88. The molecule has 1 saturated carbocycles. The van der Waals surface area contributed by atoms with Crippen LogP contribution in [-0.4, -0.2) is 11.0 Å². The molecule has 1 aliphatic carbocycles. The molecule has 0 bridgehead atoms. The van der Waals surface area contributed by atoms with Gasteiger partial charge >= 0.3 is 0 Å². The molecule has 1 aromatic carbocycles. The van der Waals surface area contributed by atoms with E-state index in [4.69, 9.17) is 4.42 Å². The lowest BCUT2D eigenvalue weighted by Crippen LogP contribution is -2.35. The topological polar surface area (TPSA) is 38.1 Å². The van der Waals surface area contributed by atoms with Crippen LogP contribution in [0.1, 0.15) is 33.1 Å². The summed E-state index contributed by atoms with van der Waals surface area (Å²) in [5, 5.41) is 3.47. The first kappa shape index (κ1) is 11.6. The van der Waals surface area contributed by atoms with Gasteiger partial charge in [-0.1, -0.05) is 38.8 Å². The molecule has 0 radical (unpaired) electrons. The van der Waals surface area contributed by atoms with Crippen LogP contribution >= 0.6 is 0 Å². The fraction of sp³-hybridized carbons (Fsp3) is 0.533. The van der Waals surface area contributed by atoms with Gasteiger partial charge in [-0.05, 0) is 30.4 Å². The molecule has 0 unspecified atom stereocenters. The molecule has 1 fully saturated rings. The van der Waals surface area contributed by atoms with Crippen LogP contribution in [0.2, 0.25) is 0 Å². The van der Waals surface area contributed by atoms with Gasteiger partial charge in [0, 0.05) is 6.04 Å². The van der Waals surface area contributed by atoms with Crippen molar-refractivity contribution in [3.05, 3.63) is 24.3 Å². The van der Waals surface area contributed by atoms with Gasteiger partial charge in [0.1, 0.15) is 5.52 Å². The summed E-state index contributed by atoms with van der Waals surface area (Å²) in [7, 11) is 0. The van der Waals surface area contributed by atoms with Gasteiger partial charge in [0.25, 0.3) is 6.01 Å². The Morgan fingerprint density at radius 3 is 2.89 bits per heavy atom.